The summed E-state index contributed by atoms with van der Waals surface area (Å²) in [4.78, 5) is 75.9. The van der Waals surface area contributed by atoms with E-state index in [4.69, 9.17) is 28.4 Å². The number of alkyl carbamates (subject to hydrolysis) is 3. The predicted octanol–water partition coefficient (Wildman–Crippen LogP) is 3.51. The van der Waals surface area contributed by atoms with Crippen molar-refractivity contribution in [3.8, 4) is 0 Å². The number of hydrogen-bond donors (Lipinski definition) is 3. The van der Waals surface area contributed by atoms with Crippen molar-refractivity contribution >= 4 is 36.2 Å². The normalized spacial score (nSPS) is 13.5. The summed E-state index contributed by atoms with van der Waals surface area (Å²) < 4.78 is 30.7. The molecule has 3 N–H and O–H groups in total. The minimum atomic E-state index is -1.19. The van der Waals surface area contributed by atoms with Crippen LogP contribution in [0.15, 0.2) is 18.2 Å². The van der Waals surface area contributed by atoms with Gasteiger partial charge in [0, 0.05) is 19.3 Å². The van der Waals surface area contributed by atoms with Gasteiger partial charge in [-0.15, -0.1) is 0 Å². The van der Waals surface area contributed by atoms with Crippen molar-refractivity contribution in [2.45, 2.75) is 117 Å². The highest BCUT2D eigenvalue weighted by molar-refractivity contribution is 5.83. The van der Waals surface area contributed by atoms with Crippen LogP contribution in [-0.2, 0) is 62.1 Å². The van der Waals surface area contributed by atoms with Gasteiger partial charge in [-0.2, -0.15) is 0 Å². The third-order valence-corrected chi connectivity index (χ3v) is 5.96. The van der Waals surface area contributed by atoms with Gasteiger partial charge >= 0.3 is 36.2 Å². The second-order valence-electron chi connectivity index (χ2n) is 13.9. The highest BCUT2D eigenvalue weighted by atomic mass is 16.6. The summed E-state index contributed by atoms with van der Waals surface area (Å²) in [6.07, 6.45) is -2.86. The Hall–Kier alpha value is -4.56. The van der Waals surface area contributed by atoms with Gasteiger partial charge in [0.25, 0.3) is 0 Å². The quantitative estimate of drug-likeness (QED) is 0.215. The molecule has 0 saturated heterocycles. The van der Waals surface area contributed by atoms with Crippen LogP contribution in [0.3, 0.4) is 0 Å². The summed E-state index contributed by atoms with van der Waals surface area (Å²) in [5, 5.41) is 7.54. The SMILES string of the molecule is COC(=O)[C@H](Cc1cc(C[C@H](NC(=O)OC(C)(C)C)C(=O)OC)cc(C[C@H](NC(=O)OC(C)(C)C)C(=O)OC)c1)NC(=O)OC(C)(C)C. The number of carbonyl (C=O) groups is 6. The Kier molecular flexibility index (Phi) is 15.2. The van der Waals surface area contributed by atoms with E-state index in [1.807, 2.05) is 0 Å². The van der Waals surface area contributed by atoms with Crippen molar-refractivity contribution in [2.24, 2.45) is 0 Å². The number of methoxy groups -OCH3 is 3. The molecule has 3 atom stereocenters. The Morgan fingerprint density at radius 2 is 0.688 bits per heavy atom. The van der Waals surface area contributed by atoms with Crippen LogP contribution in [0.5, 0.6) is 0 Å². The highest BCUT2D eigenvalue weighted by Gasteiger charge is 2.30. The van der Waals surface area contributed by atoms with E-state index in [1.165, 1.54) is 21.3 Å². The molecule has 0 aliphatic carbocycles. The lowest BCUT2D eigenvalue weighted by Gasteiger charge is -2.24. The van der Waals surface area contributed by atoms with Crippen LogP contribution in [0, 0.1) is 0 Å². The molecule has 15 nitrogen and oxygen atoms in total. The third-order valence-electron chi connectivity index (χ3n) is 5.96. The maximum absolute atomic E-state index is 12.7. The molecule has 0 aromatic heterocycles. The zero-order valence-electron chi connectivity index (χ0n) is 30.0. The van der Waals surface area contributed by atoms with Gasteiger partial charge in [0.1, 0.15) is 34.9 Å². The molecular weight excluding hydrogens is 630 g/mol. The van der Waals surface area contributed by atoms with Crippen molar-refractivity contribution in [1.82, 2.24) is 16.0 Å². The summed E-state index contributed by atoms with van der Waals surface area (Å²) in [6, 6.07) is 1.37. The molecule has 1 aromatic carbocycles. The molecule has 0 bridgehead atoms. The van der Waals surface area contributed by atoms with E-state index < -0.39 is 71.1 Å². The zero-order chi connectivity index (χ0) is 37.0. The lowest BCUT2D eigenvalue weighted by Crippen LogP contribution is -2.46. The average molecular weight is 682 g/mol. The lowest BCUT2D eigenvalue weighted by atomic mass is 9.94. The van der Waals surface area contributed by atoms with E-state index in [0.29, 0.717) is 16.7 Å². The standard InChI is InChI=1S/C33H51N3O12/c1-31(2,3)46-28(40)34-22(25(37)43-10)16-19-13-20(17-23(26(38)44-11)35-29(41)47-32(4,5)6)15-21(14-19)18-24(27(39)45-12)36-30(42)48-33(7,8)9/h13-15,22-24H,16-18H2,1-12H3,(H,34,40)(H,35,41)(H,36,42)/t22-,23-,24-/m0/s1. The zero-order valence-corrected chi connectivity index (χ0v) is 30.0. The molecule has 0 fully saturated rings. The summed E-state index contributed by atoms with van der Waals surface area (Å²) in [5.74, 6) is -2.28. The minimum absolute atomic E-state index is 0.0997. The number of benzene rings is 1. The maximum Gasteiger partial charge on any atom is 0.408 e. The second-order valence-corrected chi connectivity index (χ2v) is 13.9. The van der Waals surface area contributed by atoms with Gasteiger partial charge in [0.05, 0.1) is 21.3 Å². The lowest BCUT2D eigenvalue weighted by molar-refractivity contribution is -0.143. The van der Waals surface area contributed by atoms with Crippen molar-refractivity contribution in [1.29, 1.82) is 0 Å². The fraction of sp³-hybridized carbons (Fsp3) is 0.636. The third kappa shape index (κ3) is 16.3. The highest BCUT2D eigenvalue weighted by Crippen LogP contribution is 2.19. The van der Waals surface area contributed by atoms with Crippen molar-refractivity contribution in [2.75, 3.05) is 21.3 Å². The van der Waals surface area contributed by atoms with Crippen LogP contribution in [0.2, 0.25) is 0 Å². The van der Waals surface area contributed by atoms with Crippen LogP contribution >= 0.6 is 0 Å². The molecule has 0 saturated carbocycles. The molecule has 48 heavy (non-hydrogen) atoms. The molecule has 0 aliphatic rings. The van der Waals surface area contributed by atoms with E-state index in [0.717, 1.165) is 0 Å². The summed E-state index contributed by atoms with van der Waals surface area (Å²) in [7, 11) is 3.50. The Morgan fingerprint density at radius 1 is 0.479 bits per heavy atom. The number of rotatable bonds is 12. The molecule has 3 amide bonds. The van der Waals surface area contributed by atoms with E-state index in [-0.39, 0.29) is 19.3 Å². The monoisotopic (exact) mass is 681 g/mol. The Morgan fingerprint density at radius 3 is 0.854 bits per heavy atom. The van der Waals surface area contributed by atoms with Crippen molar-refractivity contribution < 1.29 is 57.2 Å². The van der Waals surface area contributed by atoms with Crippen LogP contribution in [-0.4, -0.2) is 92.4 Å². The summed E-state index contributed by atoms with van der Waals surface area (Å²) in [5.41, 5.74) is -1.12. The largest absolute Gasteiger partial charge is 0.467 e. The van der Waals surface area contributed by atoms with E-state index >= 15 is 0 Å². The van der Waals surface area contributed by atoms with Gasteiger partial charge in [-0.1, -0.05) is 18.2 Å². The number of nitrogens with one attached hydrogen (secondary N) is 3. The first-order valence-electron chi connectivity index (χ1n) is 15.3. The van der Waals surface area contributed by atoms with Gasteiger partial charge in [0.15, 0.2) is 0 Å². The fourth-order valence-electron chi connectivity index (χ4n) is 4.26. The molecule has 15 heteroatoms. The first-order valence-corrected chi connectivity index (χ1v) is 15.3. The number of amides is 3. The molecule has 270 valence electrons. The minimum Gasteiger partial charge on any atom is -0.467 e. The molecule has 0 aliphatic heterocycles. The Bertz CT molecular complexity index is 1140. The molecule has 1 rings (SSSR count). The average Bonchev–Trinajstić information content (AvgIpc) is 2.91. The van der Waals surface area contributed by atoms with E-state index in [1.54, 1.807) is 80.5 Å². The molecule has 0 radical (unpaired) electrons. The summed E-state index contributed by atoms with van der Waals surface area (Å²) in [6.45, 7) is 15.0. The van der Waals surface area contributed by atoms with Crippen LogP contribution in [0.4, 0.5) is 14.4 Å². The molecular formula is C33H51N3O12. The molecule has 1 aromatic rings. The molecule has 0 unspecified atom stereocenters. The first-order chi connectivity index (χ1) is 21.9. The number of esters is 3. The topological polar surface area (TPSA) is 194 Å². The van der Waals surface area contributed by atoms with Crippen LogP contribution < -0.4 is 16.0 Å². The smallest absolute Gasteiger partial charge is 0.408 e. The number of ether oxygens (including phenoxy) is 6. The van der Waals surface area contributed by atoms with E-state index in [9.17, 15) is 28.8 Å². The van der Waals surface area contributed by atoms with Gasteiger partial charge in [0.2, 0.25) is 0 Å². The molecule has 0 spiro atoms. The number of carbonyl (C=O) groups excluding carboxylic acids is 6. The van der Waals surface area contributed by atoms with Crippen LogP contribution in [0.25, 0.3) is 0 Å². The second kappa shape index (κ2) is 17.6. The van der Waals surface area contributed by atoms with E-state index in [2.05, 4.69) is 16.0 Å². The van der Waals surface area contributed by atoms with Crippen molar-refractivity contribution in [3.63, 3.8) is 0 Å². The van der Waals surface area contributed by atoms with Gasteiger partial charge < -0.3 is 44.4 Å². The predicted molar refractivity (Wildman–Crippen MR) is 173 cm³/mol. The van der Waals surface area contributed by atoms with Crippen LogP contribution in [0.1, 0.15) is 79.0 Å². The Balaban J connectivity index is 3.63. The number of hydrogen-bond acceptors (Lipinski definition) is 12. The van der Waals surface area contributed by atoms with Gasteiger partial charge in [-0.3, -0.25) is 0 Å². The molecule has 0 heterocycles. The maximum atomic E-state index is 12.7. The van der Waals surface area contributed by atoms with Gasteiger partial charge in [-0.25, -0.2) is 28.8 Å². The Labute approximate surface area is 282 Å². The van der Waals surface area contributed by atoms with Gasteiger partial charge in [-0.05, 0) is 79.0 Å². The summed E-state index contributed by atoms with van der Waals surface area (Å²) >= 11 is 0. The van der Waals surface area contributed by atoms with Crippen molar-refractivity contribution in [3.05, 3.63) is 34.9 Å². The fourth-order valence-corrected chi connectivity index (χ4v) is 4.26. The first kappa shape index (κ1) is 41.5.